The zero-order valence-corrected chi connectivity index (χ0v) is 10.1. The van der Waals surface area contributed by atoms with E-state index in [1.54, 1.807) is 0 Å². The summed E-state index contributed by atoms with van der Waals surface area (Å²) < 4.78 is 5.28. The van der Waals surface area contributed by atoms with Crippen LogP contribution in [0.3, 0.4) is 0 Å². The molecule has 86 valence electrons. The summed E-state index contributed by atoms with van der Waals surface area (Å²) in [6.07, 6.45) is 0. The molecule has 1 aliphatic heterocycles. The number of hydrogen-bond donors (Lipinski definition) is 0. The first kappa shape index (κ1) is 12.0. The first-order valence-corrected chi connectivity index (χ1v) is 5.11. The minimum Gasteiger partial charge on any atom is -0.871 e. The van der Waals surface area contributed by atoms with Crippen molar-refractivity contribution in [1.29, 1.82) is 0 Å². The third-order valence-corrected chi connectivity index (χ3v) is 3.27. The van der Waals surface area contributed by atoms with E-state index in [0.717, 1.165) is 0 Å². The van der Waals surface area contributed by atoms with E-state index in [9.17, 15) is 9.90 Å². The first-order chi connectivity index (χ1) is 6.70. The Labute approximate surface area is 90.7 Å². The Bertz CT molecular complexity index is 310. The molecule has 0 amide bonds. The van der Waals surface area contributed by atoms with Gasteiger partial charge in [-0.25, -0.2) is 4.79 Å². The summed E-state index contributed by atoms with van der Waals surface area (Å²) in [7, 11) is 1.91. The van der Waals surface area contributed by atoms with Gasteiger partial charge >= 0.3 is 5.97 Å². The van der Waals surface area contributed by atoms with Crippen LogP contribution in [-0.2, 0) is 9.53 Å². The number of carbonyl (C=O) groups is 1. The highest BCUT2D eigenvalue weighted by atomic mass is 16.5. The highest BCUT2D eigenvalue weighted by molar-refractivity contribution is 5.86. The van der Waals surface area contributed by atoms with Gasteiger partial charge in [0.15, 0.2) is 0 Å². The lowest BCUT2D eigenvalue weighted by Crippen LogP contribution is -2.62. The van der Waals surface area contributed by atoms with E-state index in [1.807, 2.05) is 27.8 Å². The number of nitrogens with zero attached hydrogens (tertiary/aromatic N) is 1. The molecule has 1 aliphatic rings. The fraction of sp³-hybridized carbons (Fsp3) is 0.727. The van der Waals surface area contributed by atoms with Gasteiger partial charge in [0.25, 0.3) is 0 Å². The maximum Gasteiger partial charge on any atom is 0.392 e. The number of likely N-dealkylation sites (N-methyl/N-ethyl adjacent to an activating group) is 1. The molecule has 4 heteroatoms. The van der Waals surface area contributed by atoms with Gasteiger partial charge in [0.2, 0.25) is 5.70 Å². The van der Waals surface area contributed by atoms with Crippen LogP contribution in [0.2, 0.25) is 0 Å². The maximum absolute atomic E-state index is 11.6. The highest BCUT2D eigenvalue weighted by Gasteiger charge is 2.46. The number of esters is 1. The van der Waals surface area contributed by atoms with Gasteiger partial charge in [-0.1, -0.05) is 5.76 Å². The van der Waals surface area contributed by atoms with Crippen molar-refractivity contribution >= 4 is 5.97 Å². The molecule has 0 N–H and O–H groups in total. The second-order valence-corrected chi connectivity index (χ2v) is 5.13. The molecular weight excluding hydrogens is 194 g/mol. The third kappa shape index (κ3) is 1.86. The lowest BCUT2D eigenvalue weighted by Gasteiger charge is -2.48. The summed E-state index contributed by atoms with van der Waals surface area (Å²) in [5, 5.41) is 11.5. The van der Waals surface area contributed by atoms with Crippen molar-refractivity contribution in [3.8, 4) is 0 Å². The lowest BCUT2D eigenvalue weighted by atomic mass is 9.99. The van der Waals surface area contributed by atoms with Gasteiger partial charge in [0, 0.05) is 0 Å². The maximum atomic E-state index is 11.6. The molecule has 0 aromatic rings. The second-order valence-electron chi connectivity index (χ2n) is 5.13. The van der Waals surface area contributed by atoms with Crippen LogP contribution in [0.25, 0.3) is 0 Å². The lowest BCUT2D eigenvalue weighted by molar-refractivity contribution is -0.920. The van der Waals surface area contributed by atoms with Crippen LogP contribution < -0.4 is 5.11 Å². The highest BCUT2D eigenvalue weighted by Crippen LogP contribution is 2.32. The Hall–Kier alpha value is -1.03. The summed E-state index contributed by atoms with van der Waals surface area (Å²) in [5.74, 6) is -0.664. The number of morpholine rings is 1. The van der Waals surface area contributed by atoms with Gasteiger partial charge < -0.3 is 9.84 Å². The molecule has 0 spiro atoms. The average molecular weight is 213 g/mol. The van der Waals surface area contributed by atoms with Gasteiger partial charge in [-0.15, -0.1) is 0 Å². The van der Waals surface area contributed by atoms with E-state index >= 15 is 0 Å². The van der Waals surface area contributed by atoms with Crippen molar-refractivity contribution < 1.29 is 19.1 Å². The van der Waals surface area contributed by atoms with Crippen molar-refractivity contribution in [2.75, 3.05) is 20.2 Å². The van der Waals surface area contributed by atoms with E-state index in [4.69, 9.17) is 4.74 Å². The van der Waals surface area contributed by atoms with Crippen molar-refractivity contribution in [2.45, 2.75) is 33.2 Å². The molecule has 0 aliphatic carbocycles. The first-order valence-electron chi connectivity index (χ1n) is 5.11. The van der Waals surface area contributed by atoms with Gasteiger partial charge in [-0.2, -0.15) is 0 Å². The van der Waals surface area contributed by atoms with Crippen molar-refractivity contribution in [3.63, 3.8) is 0 Å². The monoisotopic (exact) mass is 213 g/mol. The molecule has 15 heavy (non-hydrogen) atoms. The van der Waals surface area contributed by atoms with E-state index in [-0.39, 0.29) is 17.0 Å². The molecule has 1 fully saturated rings. The van der Waals surface area contributed by atoms with Crippen LogP contribution in [0.4, 0.5) is 0 Å². The normalized spacial score (nSPS) is 31.1. The zero-order valence-electron chi connectivity index (χ0n) is 10.1. The van der Waals surface area contributed by atoms with Crippen molar-refractivity contribution in [1.82, 2.24) is 0 Å². The smallest absolute Gasteiger partial charge is 0.392 e. The number of ether oxygens (including phenoxy) is 1. The van der Waals surface area contributed by atoms with E-state index in [2.05, 4.69) is 0 Å². The predicted octanol–water partition coefficient (Wildman–Crippen LogP) is 0.380. The Kier molecular flexibility index (Phi) is 2.83. The van der Waals surface area contributed by atoms with E-state index in [1.165, 1.54) is 6.92 Å². The molecule has 4 nitrogen and oxygen atoms in total. The number of quaternary nitrogens is 1. The van der Waals surface area contributed by atoms with Gasteiger partial charge in [-0.05, 0) is 27.7 Å². The fourth-order valence-corrected chi connectivity index (χ4v) is 1.86. The largest absolute Gasteiger partial charge is 0.871 e. The molecule has 0 aromatic carbocycles. The van der Waals surface area contributed by atoms with Crippen molar-refractivity contribution in [2.24, 2.45) is 0 Å². The van der Waals surface area contributed by atoms with Crippen LogP contribution in [0, 0.1) is 0 Å². The molecule has 0 saturated carbocycles. The zero-order chi connectivity index (χ0) is 11.9. The number of allylic oxidation sites excluding steroid dienone is 1. The molecule has 1 rings (SSSR count). The Morgan fingerprint density at radius 2 is 2.00 bits per heavy atom. The van der Waals surface area contributed by atoms with E-state index in [0.29, 0.717) is 17.6 Å². The standard InChI is InChI=1S/C11H19NO3/c1-8(13)9-10(14)15-7-6-12(9,5)11(2,3)4/h6-7H2,1-5H3. The van der Waals surface area contributed by atoms with Gasteiger partial charge in [0.1, 0.15) is 13.2 Å². The Balaban J connectivity index is 3.28. The predicted molar refractivity (Wildman–Crippen MR) is 54.5 cm³/mol. The topological polar surface area (TPSA) is 49.4 Å². The molecule has 0 bridgehead atoms. The average Bonchev–Trinajstić information content (AvgIpc) is 2.00. The molecular formula is C11H19NO3. The second kappa shape index (κ2) is 3.52. The number of carbonyl (C=O) groups excluding carboxylic acids is 1. The van der Waals surface area contributed by atoms with Gasteiger partial charge in [-0.3, -0.25) is 4.48 Å². The van der Waals surface area contributed by atoms with Gasteiger partial charge in [0.05, 0.1) is 12.6 Å². The Morgan fingerprint density at radius 3 is 2.33 bits per heavy atom. The van der Waals surface area contributed by atoms with Crippen LogP contribution in [0.5, 0.6) is 0 Å². The SMILES string of the molecule is C/C([O-])=C1\C(=O)OCC[N+]1(C)C(C)(C)C. The number of rotatable bonds is 0. The summed E-state index contributed by atoms with van der Waals surface area (Å²) in [6, 6.07) is 0. The summed E-state index contributed by atoms with van der Waals surface area (Å²) in [6.45, 7) is 8.52. The quantitative estimate of drug-likeness (QED) is 0.253. The molecule has 1 atom stereocenters. The van der Waals surface area contributed by atoms with Crippen LogP contribution in [-0.4, -0.2) is 36.2 Å². The van der Waals surface area contributed by atoms with Crippen molar-refractivity contribution in [3.05, 3.63) is 11.5 Å². The van der Waals surface area contributed by atoms with Crippen LogP contribution in [0.15, 0.2) is 11.5 Å². The van der Waals surface area contributed by atoms with Crippen LogP contribution >= 0.6 is 0 Å². The summed E-state index contributed by atoms with van der Waals surface area (Å²) in [5.41, 5.74) is 0.0780. The fourth-order valence-electron chi connectivity index (χ4n) is 1.86. The molecule has 0 radical (unpaired) electrons. The number of hydrogen-bond acceptors (Lipinski definition) is 3. The van der Waals surface area contributed by atoms with Crippen LogP contribution in [0.1, 0.15) is 27.7 Å². The minimum atomic E-state index is -0.467. The third-order valence-electron chi connectivity index (χ3n) is 3.27. The Morgan fingerprint density at radius 1 is 1.47 bits per heavy atom. The minimum absolute atomic E-state index is 0.180. The molecule has 1 heterocycles. The van der Waals surface area contributed by atoms with E-state index < -0.39 is 5.97 Å². The molecule has 1 unspecified atom stereocenters. The summed E-state index contributed by atoms with van der Waals surface area (Å²) >= 11 is 0. The summed E-state index contributed by atoms with van der Waals surface area (Å²) in [4.78, 5) is 11.6. The molecule has 0 aromatic heterocycles. The molecule has 1 saturated heterocycles. The number of cyclic esters (lactones) is 1.